The maximum atomic E-state index is 12.5. The van der Waals surface area contributed by atoms with Crippen molar-refractivity contribution in [2.75, 3.05) is 13.2 Å². The molecule has 0 aromatic heterocycles. The molecule has 2 atom stereocenters. The van der Waals surface area contributed by atoms with Gasteiger partial charge in [-0.3, -0.25) is 9.59 Å². The lowest BCUT2D eigenvalue weighted by molar-refractivity contribution is -0.143. The van der Waals surface area contributed by atoms with Gasteiger partial charge in [-0.1, -0.05) is 327 Å². The average molecular weight is 1030 g/mol. The fraction of sp³-hybridized carbons (Fsp3) is 0.910. The molecular weight excluding hydrogens is 899 g/mol. The first-order valence-corrected chi connectivity index (χ1v) is 33.1. The molecule has 0 aromatic carbocycles. The van der Waals surface area contributed by atoms with E-state index in [0.29, 0.717) is 19.4 Å². The van der Waals surface area contributed by atoms with Crippen molar-refractivity contribution < 1.29 is 24.5 Å². The Morgan fingerprint density at radius 2 is 0.658 bits per heavy atom. The van der Waals surface area contributed by atoms with Gasteiger partial charge in [-0.25, -0.2) is 0 Å². The number of hydrogen-bond acceptors (Lipinski definition) is 5. The predicted molar refractivity (Wildman–Crippen MR) is 320 cm³/mol. The largest absolute Gasteiger partial charge is 0.466 e. The molecule has 0 spiro atoms. The van der Waals surface area contributed by atoms with Crippen molar-refractivity contribution in [1.29, 1.82) is 0 Å². The summed E-state index contributed by atoms with van der Waals surface area (Å²) in [4.78, 5) is 24.5. The fourth-order valence-corrected chi connectivity index (χ4v) is 10.4. The first-order chi connectivity index (χ1) is 36.0. The Balaban J connectivity index is 3.32. The van der Waals surface area contributed by atoms with Crippen LogP contribution in [0.2, 0.25) is 0 Å². The minimum Gasteiger partial charge on any atom is -0.466 e. The second kappa shape index (κ2) is 62.9. The zero-order chi connectivity index (χ0) is 52.9. The Bertz CT molecular complexity index is 1140. The van der Waals surface area contributed by atoms with Crippen molar-refractivity contribution in [2.45, 2.75) is 379 Å². The minimum atomic E-state index is -0.840. The molecule has 0 aliphatic carbocycles. The van der Waals surface area contributed by atoms with Gasteiger partial charge in [-0.15, -0.1) is 0 Å². The number of aliphatic hydroxyl groups is 2. The number of carbonyl (C=O) groups is 2. The molecule has 73 heavy (non-hydrogen) atoms. The first-order valence-electron chi connectivity index (χ1n) is 33.1. The molecule has 1 amide bonds. The molecule has 6 heteroatoms. The van der Waals surface area contributed by atoms with Crippen molar-refractivity contribution in [3.63, 3.8) is 0 Å². The van der Waals surface area contributed by atoms with E-state index in [0.717, 1.165) is 44.9 Å². The van der Waals surface area contributed by atoms with Crippen molar-refractivity contribution >= 4 is 11.9 Å². The molecule has 0 rings (SSSR count). The van der Waals surface area contributed by atoms with Gasteiger partial charge in [-0.05, 0) is 51.4 Å². The van der Waals surface area contributed by atoms with E-state index >= 15 is 0 Å². The molecule has 6 nitrogen and oxygen atoms in total. The van der Waals surface area contributed by atoms with Gasteiger partial charge in [0.2, 0.25) is 5.91 Å². The van der Waals surface area contributed by atoms with E-state index in [2.05, 4.69) is 31.3 Å². The smallest absolute Gasteiger partial charge is 0.305 e. The van der Waals surface area contributed by atoms with Gasteiger partial charge in [0.05, 0.1) is 25.4 Å². The summed E-state index contributed by atoms with van der Waals surface area (Å²) in [6, 6.07) is -0.623. The number of hydrogen-bond donors (Lipinski definition) is 3. The van der Waals surface area contributed by atoms with E-state index in [1.54, 1.807) is 6.08 Å². The van der Waals surface area contributed by atoms with Gasteiger partial charge >= 0.3 is 5.97 Å². The fourth-order valence-electron chi connectivity index (χ4n) is 10.4. The summed E-state index contributed by atoms with van der Waals surface area (Å²) in [7, 11) is 0. The Kier molecular flexibility index (Phi) is 61.4. The molecule has 0 bridgehead atoms. The van der Waals surface area contributed by atoms with Crippen LogP contribution in [0.5, 0.6) is 0 Å². The molecule has 0 aliphatic heterocycles. The van der Waals surface area contributed by atoms with Crippen LogP contribution in [-0.4, -0.2) is 47.4 Å². The number of aliphatic hydroxyl groups excluding tert-OH is 2. The highest BCUT2D eigenvalue weighted by Crippen LogP contribution is 2.18. The second-order valence-corrected chi connectivity index (χ2v) is 22.8. The standard InChI is InChI=1S/C67H129NO5/c1-3-5-7-9-11-13-15-36-40-43-47-51-55-59-65(70)64(63-69)68-66(71)60-56-52-48-44-41-37-34-32-30-28-26-24-22-20-18-16-17-19-21-23-25-27-29-31-33-35-38-42-46-50-54-58-62-73-67(72)61-57-53-49-45-39-14-12-10-8-6-4-2/h10,12,55,59,64-65,69-70H,3-9,11,13-54,56-58,60-63H2,1-2H3,(H,68,71)/b12-10-,59-55+. The average Bonchev–Trinajstić information content (AvgIpc) is 3.39. The number of unbranched alkanes of at least 4 members (excludes halogenated alkanes) is 49. The minimum absolute atomic E-state index is 0.0100. The molecule has 0 saturated carbocycles. The Morgan fingerprint density at radius 3 is 1.01 bits per heavy atom. The lowest BCUT2D eigenvalue weighted by Gasteiger charge is -2.20. The van der Waals surface area contributed by atoms with E-state index in [1.807, 2.05) is 6.08 Å². The highest BCUT2D eigenvalue weighted by molar-refractivity contribution is 5.76. The molecule has 0 saturated heterocycles. The molecule has 432 valence electrons. The number of amides is 1. The number of esters is 1. The topological polar surface area (TPSA) is 95.9 Å². The van der Waals surface area contributed by atoms with Crippen molar-refractivity contribution in [2.24, 2.45) is 0 Å². The molecule has 0 aliphatic rings. The van der Waals surface area contributed by atoms with Crippen LogP contribution in [0.15, 0.2) is 24.3 Å². The highest BCUT2D eigenvalue weighted by atomic mass is 16.5. The van der Waals surface area contributed by atoms with Crippen LogP contribution in [-0.2, 0) is 14.3 Å². The molecule has 2 unspecified atom stereocenters. The van der Waals surface area contributed by atoms with Crippen LogP contribution in [0, 0.1) is 0 Å². The van der Waals surface area contributed by atoms with Crippen LogP contribution in [0.25, 0.3) is 0 Å². The summed E-state index contributed by atoms with van der Waals surface area (Å²) in [6.45, 7) is 4.88. The first kappa shape index (κ1) is 71.3. The summed E-state index contributed by atoms with van der Waals surface area (Å²) in [5.74, 6) is -0.0522. The van der Waals surface area contributed by atoms with Gasteiger partial charge in [0.25, 0.3) is 0 Å². The summed E-state index contributed by atoms with van der Waals surface area (Å²) < 4.78 is 5.47. The predicted octanol–water partition coefficient (Wildman–Crippen LogP) is 21.0. The number of nitrogens with one attached hydrogen (secondary N) is 1. The summed E-state index contributed by atoms with van der Waals surface area (Å²) in [6.07, 6.45) is 78.3. The van der Waals surface area contributed by atoms with Crippen molar-refractivity contribution in [1.82, 2.24) is 5.32 Å². The maximum Gasteiger partial charge on any atom is 0.305 e. The van der Waals surface area contributed by atoms with E-state index < -0.39 is 12.1 Å². The van der Waals surface area contributed by atoms with Gasteiger partial charge in [0, 0.05) is 12.8 Å². The third-order valence-electron chi connectivity index (χ3n) is 15.5. The number of carbonyl (C=O) groups excluding carboxylic acids is 2. The summed E-state index contributed by atoms with van der Waals surface area (Å²) in [5.41, 5.74) is 0. The van der Waals surface area contributed by atoms with Gasteiger partial charge < -0.3 is 20.3 Å². The van der Waals surface area contributed by atoms with Crippen LogP contribution in [0.3, 0.4) is 0 Å². The van der Waals surface area contributed by atoms with Crippen molar-refractivity contribution in [3.8, 4) is 0 Å². The van der Waals surface area contributed by atoms with Gasteiger partial charge in [0.1, 0.15) is 0 Å². The maximum absolute atomic E-state index is 12.5. The number of ether oxygens (including phenoxy) is 1. The van der Waals surface area contributed by atoms with Crippen LogP contribution in [0.1, 0.15) is 367 Å². The third-order valence-corrected chi connectivity index (χ3v) is 15.5. The Morgan fingerprint density at radius 1 is 0.370 bits per heavy atom. The van der Waals surface area contributed by atoms with E-state index in [-0.39, 0.29) is 18.5 Å². The van der Waals surface area contributed by atoms with E-state index in [4.69, 9.17) is 4.74 Å². The summed E-state index contributed by atoms with van der Waals surface area (Å²) >= 11 is 0. The zero-order valence-corrected chi connectivity index (χ0v) is 49.4. The Hall–Kier alpha value is -1.66. The van der Waals surface area contributed by atoms with Crippen LogP contribution in [0.4, 0.5) is 0 Å². The van der Waals surface area contributed by atoms with E-state index in [9.17, 15) is 19.8 Å². The highest BCUT2D eigenvalue weighted by Gasteiger charge is 2.18. The zero-order valence-electron chi connectivity index (χ0n) is 49.4. The van der Waals surface area contributed by atoms with Crippen LogP contribution < -0.4 is 5.32 Å². The quantitative estimate of drug-likeness (QED) is 0.0320. The van der Waals surface area contributed by atoms with Crippen LogP contribution >= 0.6 is 0 Å². The second-order valence-electron chi connectivity index (χ2n) is 22.8. The molecule has 0 aromatic rings. The lowest BCUT2D eigenvalue weighted by Crippen LogP contribution is -2.45. The molecule has 3 N–H and O–H groups in total. The molecular formula is C67H129NO5. The number of allylic oxidation sites excluding steroid dienone is 3. The normalized spacial score (nSPS) is 12.7. The molecule has 0 heterocycles. The SMILES string of the molecule is CCCC/C=C\CCCCCCCC(=O)OCCCCCCCCCCCCCCCCCCCCCCCCCCCCCCCCCCC(=O)NC(CO)C(O)/C=C/CCCCCCCCCCCCC. The molecule has 0 radical (unpaired) electrons. The van der Waals surface area contributed by atoms with Gasteiger partial charge in [0.15, 0.2) is 0 Å². The summed E-state index contributed by atoms with van der Waals surface area (Å²) in [5, 5.41) is 23.1. The van der Waals surface area contributed by atoms with Crippen molar-refractivity contribution in [3.05, 3.63) is 24.3 Å². The monoisotopic (exact) mass is 1030 g/mol. The molecule has 0 fully saturated rings. The third kappa shape index (κ3) is 59.4. The Labute approximate surface area is 456 Å². The van der Waals surface area contributed by atoms with Gasteiger partial charge in [-0.2, -0.15) is 0 Å². The van der Waals surface area contributed by atoms with E-state index in [1.165, 1.54) is 295 Å². The lowest BCUT2D eigenvalue weighted by atomic mass is 10.0. The number of rotatable bonds is 62.